The lowest BCUT2D eigenvalue weighted by molar-refractivity contribution is 0.571. The summed E-state index contributed by atoms with van der Waals surface area (Å²) in [7, 11) is -3.27. The first-order chi connectivity index (χ1) is 11.9. The van der Waals surface area contributed by atoms with E-state index in [1.54, 1.807) is 0 Å². The summed E-state index contributed by atoms with van der Waals surface area (Å²) in [6.07, 6.45) is 1.16. The minimum atomic E-state index is -3.27. The second kappa shape index (κ2) is 5.77. The van der Waals surface area contributed by atoms with Crippen LogP contribution in [0.5, 0.6) is 0 Å². The van der Waals surface area contributed by atoms with E-state index in [0.717, 1.165) is 48.5 Å². The molecular formula is C18H20N4O2S. The van der Waals surface area contributed by atoms with Crippen LogP contribution in [0.15, 0.2) is 42.5 Å². The van der Waals surface area contributed by atoms with Gasteiger partial charge in [0, 0.05) is 18.8 Å². The monoisotopic (exact) mass is 356 g/mol. The van der Waals surface area contributed by atoms with Crippen LogP contribution in [-0.2, 0) is 23.1 Å². The van der Waals surface area contributed by atoms with Crippen molar-refractivity contribution in [1.82, 2.24) is 9.55 Å². The standard InChI is InChI=1S/C18H20N4O2S/c1-13-11-14(7-8-15(13)20-25(2,23)24)21-9-10-22-17-6-4-3-5-16(17)19-18(22)12-21/h3-8,11,20H,9-10,12H2,1-2H3. The first-order valence-electron chi connectivity index (χ1n) is 8.18. The van der Waals surface area contributed by atoms with Crippen molar-refractivity contribution in [2.24, 2.45) is 0 Å². The highest BCUT2D eigenvalue weighted by Gasteiger charge is 2.20. The van der Waals surface area contributed by atoms with Gasteiger partial charge in [0.15, 0.2) is 0 Å². The fraction of sp³-hybridized carbons (Fsp3) is 0.278. The zero-order valence-electron chi connectivity index (χ0n) is 14.2. The molecule has 1 aliphatic heterocycles. The maximum atomic E-state index is 11.4. The SMILES string of the molecule is Cc1cc(N2CCn3c(nc4ccccc43)C2)ccc1NS(C)(=O)=O. The molecule has 7 heteroatoms. The predicted octanol–water partition coefficient (Wildman–Crippen LogP) is 2.74. The molecule has 0 aliphatic carbocycles. The van der Waals surface area contributed by atoms with Crippen LogP contribution in [0.3, 0.4) is 0 Å². The van der Waals surface area contributed by atoms with Crippen molar-refractivity contribution in [2.75, 3.05) is 22.4 Å². The summed E-state index contributed by atoms with van der Waals surface area (Å²) in [5.74, 6) is 1.06. The van der Waals surface area contributed by atoms with Crippen molar-refractivity contribution < 1.29 is 8.42 Å². The molecular weight excluding hydrogens is 336 g/mol. The number of fused-ring (bicyclic) bond motifs is 3. The van der Waals surface area contributed by atoms with Crippen molar-refractivity contribution in [3.05, 3.63) is 53.9 Å². The first kappa shape index (κ1) is 16.0. The molecule has 0 saturated carbocycles. The number of benzene rings is 2. The highest BCUT2D eigenvalue weighted by atomic mass is 32.2. The Morgan fingerprint density at radius 1 is 1.12 bits per heavy atom. The third-order valence-electron chi connectivity index (χ3n) is 4.53. The summed E-state index contributed by atoms with van der Waals surface area (Å²) in [5.41, 5.74) is 4.82. The maximum Gasteiger partial charge on any atom is 0.229 e. The number of rotatable bonds is 3. The normalized spacial score (nSPS) is 14.6. The molecule has 0 spiro atoms. The van der Waals surface area contributed by atoms with Crippen LogP contribution in [0.25, 0.3) is 11.0 Å². The predicted molar refractivity (Wildman–Crippen MR) is 100 cm³/mol. The van der Waals surface area contributed by atoms with Crippen LogP contribution in [0, 0.1) is 6.92 Å². The van der Waals surface area contributed by atoms with Crippen molar-refractivity contribution in [1.29, 1.82) is 0 Å². The minimum absolute atomic E-state index is 0.621. The van der Waals surface area contributed by atoms with E-state index in [0.29, 0.717) is 5.69 Å². The highest BCUT2D eigenvalue weighted by molar-refractivity contribution is 7.92. The number of hydrogen-bond donors (Lipinski definition) is 1. The molecule has 0 radical (unpaired) electrons. The van der Waals surface area contributed by atoms with Crippen molar-refractivity contribution in [2.45, 2.75) is 20.0 Å². The topological polar surface area (TPSA) is 67.2 Å². The summed E-state index contributed by atoms with van der Waals surface area (Å²) in [6.45, 7) is 4.44. The Balaban J connectivity index is 1.62. The van der Waals surface area contributed by atoms with Gasteiger partial charge in [-0.05, 0) is 42.8 Å². The van der Waals surface area contributed by atoms with Crippen molar-refractivity contribution in [3.8, 4) is 0 Å². The summed E-state index contributed by atoms with van der Waals surface area (Å²) < 4.78 is 27.7. The van der Waals surface area contributed by atoms with Crippen LogP contribution in [-0.4, -0.2) is 30.8 Å². The van der Waals surface area contributed by atoms with Crippen LogP contribution in [0.1, 0.15) is 11.4 Å². The molecule has 0 fully saturated rings. The third kappa shape index (κ3) is 3.07. The Morgan fingerprint density at radius 3 is 2.68 bits per heavy atom. The van der Waals surface area contributed by atoms with Crippen LogP contribution < -0.4 is 9.62 Å². The number of aromatic nitrogens is 2. The van der Waals surface area contributed by atoms with Gasteiger partial charge in [0.25, 0.3) is 0 Å². The molecule has 4 rings (SSSR count). The molecule has 0 amide bonds. The highest BCUT2D eigenvalue weighted by Crippen LogP contribution is 2.28. The molecule has 0 unspecified atom stereocenters. The van der Waals surface area contributed by atoms with Gasteiger partial charge in [-0.3, -0.25) is 4.72 Å². The number of hydrogen-bond acceptors (Lipinski definition) is 4. The molecule has 0 saturated heterocycles. The third-order valence-corrected chi connectivity index (χ3v) is 5.12. The lowest BCUT2D eigenvalue weighted by Crippen LogP contribution is -2.33. The number of para-hydroxylation sites is 2. The Kier molecular flexibility index (Phi) is 3.68. The minimum Gasteiger partial charge on any atom is -0.362 e. The summed E-state index contributed by atoms with van der Waals surface area (Å²) in [5, 5.41) is 0. The Bertz CT molecular complexity index is 1060. The van der Waals surface area contributed by atoms with E-state index >= 15 is 0 Å². The summed E-state index contributed by atoms with van der Waals surface area (Å²) in [4.78, 5) is 7.02. The molecule has 0 atom stereocenters. The van der Waals surface area contributed by atoms with Crippen LogP contribution in [0.4, 0.5) is 11.4 Å². The molecule has 130 valence electrons. The van der Waals surface area contributed by atoms with Gasteiger partial charge < -0.3 is 9.47 Å². The molecule has 1 N–H and O–H groups in total. The smallest absolute Gasteiger partial charge is 0.229 e. The molecule has 1 aliphatic rings. The van der Waals surface area contributed by atoms with E-state index in [-0.39, 0.29) is 0 Å². The quantitative estimate of drug-likeness (QED) is 0.784. The van der Waals surface area contributed by atoms with Gasteiger partial charge in [-0.2, -0.15) is 0 Å². The second-order valence-electron chi connectivity index (χ2n) is 6.46. The maximum absolute atomic E-state index is 11.4. The summed E-state index contributed by atoms with van der Waals surface area (Å²) in [6, 6.07) is 14.0. The van der Waals surface area contributed by atoms with E-state index in [4.69, 9.17) is 4.98 Å². The van der Waals surface area contributed by atoms with Crippen LogP contribution in [0.2, 0.25) is 0 Å². The van der Waals surface area contributed by atoms with E-state index in [9.17, 15) is 8.42 Å². The van der Waals surface area contributed by atoms with Crippen molar-refractivity contribution in [3.63, 3.8) is 0 Å². The molecule has 2 aromatic carbocycles. The Hall–Kier alpha value is -2.54. The van der Waals surface area contributed by atoms with Crippen LogP contribution >= 0.6 is 0 Å². The molecule has 2 heterocycles. The Labute approximate surface area is 147 Å². The van der Waals surface area contributed by atoms with Gasteiger partial charge in [0.05, 0.1) is 29.5 Å². The van der Waals surface area contributed by atoms with Gasteiger partial charge in [-0.1, -0.05) is 12.1 Å². The lowest BCUT2D eigenvalue weighted by atomic mass is 10.1. The number of aryl methyl sites for hydroxylation is 1. The van der Waals surface area contributed by atoms with E-state index < -0.39 is 10.0 Å². The first-order valence-corrected chi connectivity index (χ1v) is 10.1. The lowest BCUT2D eigenvalue weighted by Gasteiger charge is -2.30. The molecule has 6 nitrogen and oxygen atoms in total. The number of sulfonamides is 1. The summed E-state index contributed by atoms with van der Waals surface area (Å²) >= 11 is 0. The fourth-order valence-electron chi connectivity index (χ4n) is 3.35. The average Bonchev–Trinajstić information content (AvgIpc) is 2.93. The second-order valence-corrected chi connectivity index (χ2v) is 8.21. The average molecular weight is 356 g/mol. The van der Waals surface area contributed by atoms with Gasteiger partial charge in [-0.15, -0.1) is 0 Å². The van der Waals surface area contributed by atoms with Gasteiger partial charge >= 0.3 is 0 Å². The molecule has 25 heavy (non-hydrogen) atoms. The zero-order chi connectivity index (χ0) is 17.6. The number of anilines is 2. The molecule has 1 aromatic heterocycles. The van der Waals surface area contributed by atoms with E-state index in [2.05, 4.69) is 20.3 Å². The van der Waals surface area contributed by atoms with E-state index in [1.807, 2.05) is 43.3 Å². The van der Waals surface area contributed by atoms with Gasteiger partial charge in [-0.25, -0.2) is 13.4 Å². The fourth-order valence-corrected chi connectivity index (χ4v) is 3.97. The number of nitrogens with one attached hydrogen (secondary N) is 1. The Morgan fingerprint density at radius 2 is 1.92 bits per heavy atom. The number of nitrogens with zero attached hydrogens (tertiary/aromatic N) is 3. The number of imidazole rings is 1. The van der Waals surface area contributed by atoms with E-state index in [1.165, 1.54) is 5.52 Å². The zero-order valence-corrected chi connectivity index (χ0v) is 15.0. The van der Waals surface area contributed by atoms with Crippen molar-refractivity contribution >= 4 is 32.4 Å². The van der Waals surface area contributed by atoms with Gasteiger partial charge in [0.2, 0.25) is 10.0 Å². The molecule has 0 bridgehead atoms. The van der Waals surface area contributed by atoms with Gasteiger partial charge in [0.1, 0.15) is 5.82 Å². The molecule has 3 aromatic rings. The largest absolute Gasteiger partial charge is 0.362 e.